The van der Waals surface area contributed by atoms with Crippen molar-refractivity contribution in [3.8, 4) is 16.9 Å². The number of piperidine rings is 1. The molecular weight excluding hydrogens is 545 g/mol. The third kappa shape index (κ3) is 8.05. The highest BCUT2D eigenvalue weighted by Gasteiger charge is 2.30. The van der Waals surface area contributed by atoms with Gasteiger partial charge in [0.2, 0.25) is 0 Å². The molecule has 2 N–H and O–H groups in total. The van der Waals surface area contributed by atoms with Crippen molar-refractivity contribution in [1.29, 1.82) is 0 Å². The van der Waals surface area contributed by atoms with Crippen LogP contribution >= 0.6 is 0 Å². The first-order valence-corrected chi connectivity index (χ1v) is 14.2. The molecular formula is C33H37F3N2O4. The molecule has 9 heteroatoms. The van der Waals surface area contributed by atoms with Crippen LogP contribution in [0.1, 0.15) is 67.1 Å². The number of carbonyl (C=O) groups is 2. The van der Waals surface area contributed by atoms with Crippen LogP contribution in [0.3, 0.4) is 0 Å². The number of para-hydroxylation sites is 1. The molecule has 0 aliphatic carbocycles. The van der Waals surface area contributed by atoms with E-state index in [0.717, 1.165) is 28.0 Å². The minimum Gasteiger partial charge on any atom is -0.490 e. The maximum atomic E-state index is 13.3. The molecule has 1 unspecified atom stereocenters. The Bertz CT molecular complexity index is 1390. The number of rotatable bonds is 10. The largest absolute Gasteiger partial charge is 0.490 e. The molecule has 3 aromatic rings. The van der Waals surface area contributed by atoms with E-state index < -0.39 is 30.5 Å². The van der Waals surface area contributed by atoms with Gasteiger partial charge in [0.05, 0.1) is 18.1 Å². The molecule has 3 aromatic carbocycles. The predicted molar refractivity (Wildman–Crippen MR) is 157 cm³/mol. The van der Waals surface area contributed by atoms with Crippen LogP contribution in [-0.4, -0.2) is 47.3 Å². The number of nitrogens with one attached hydrogen (secondary N) is 1. The molecule has 1 aliphatic heterocycles. The topological polar surface area (TPSA) is 78.9 Å². The molecule has 2 atom stereocenters. The van der Waals surface area contributed by atoms with Crippen LogP contribution in [0.15, 0.2) is 66.7 Å². The molecule has 0 spiro atoms. The summed E-state index contributed by atoms with van der Waals surface area (Å²) in [5.74, 6) is -1.00. The molecule has 0 bridgehead atoms. The van der Waals surface area contributed by atoms with Gasteiger partial charge in [0.1, 0.15) is 5.75 Å². The normalized spacial score (nSPS) is 16.3. The van der Waals surface area contributed by atoms with Crippen LogP contribution in [0, 0.1) is 12.8 Å². The van der Waals surface area contributed by atoms with Crippen molar-refractivity contribution in [1.82, 2.24) is 4.90 Å². The second-order valence-corrected chi connectivity index (χ2v) is 11.1. The van der Waals surface area contributed by atoms with Crippen LogP contribution in [0.5, 0.6) is 5.75 Å². The van der Waals surface area contributed by atoms with Gasteiger partial charge in [0.15, 0.2) is 0 Å². The van der Waals surface area contributed by atoms with Crippen molar-refractivity contribution in [3.63, 3.8) is 0 Å². The highest BCUT2D eigenvalue weighted by Crippen LogP contribution is 2.36. The van der Waals surface area contributed by atoms with E-state index in [2.05, 4.69) is 5.32 Å². The third-order valence-electron chi connectivity index (χ3n) is 7.45. The lowest BCUT2D eigenvalue weighted by Gasteiger charge is -2.30. The second kappa shape index (κ2) is 13.3. The first kappa shape index (κ1) is 30.9. The molecule has 1 amide bonds. The van der Waals surface area contributed by atoms with Gasteiger partial charge in [0.25, 0.3) is 5.91 Å². The first-order chi connectivity index (χ1) is 19.9. The zero-order chi connectivity index (χ0) is 30.4. The van der Waals surface area contributed by atoms with E-state index in [1.807, 2.05) is 63.2 Å². The standard InChI is InChI=1S/C33H37F3N2O4/c1-21(2)42-30-9-5-4-8-28(30)24-12-15-27(22(3)19-24)29(16-17-33(34,35)36)37-26-13-10-23(11-14-26)31(39)38-18-6-7-25(20-38)32(40)41/h4-5,8-15,19,21,25,29,37H,6-7,16-18,20H2,1-3H3,(H,40,41)/t25-,29?/m1/s1. The average Bonchev–Trinajstić information content (AvgIpc) is 2.95. The van der Waals surface area contributed by atoms with Gasteiger partial charge in [-0.3, -0.25) is 9.59 Å². The van der Waals surface area contributed by atoms with Crippen LogP contribution in [0.4, 0.5) is 18.9 Å². The van der Waals surface area contributed by atoms with Gasteiger partial charge in [-0.1, -0.05) is 36.4 Å². The quantitative estimate of drug-likeness (QED) is 0.254. The van der Waals surface area contributed by atoms with Gasteiger partial charge in [0, 0.05) is 36.3 Å². The molecule has 1 saturated heterocycles. The highest BCUT2D eigenvalue weighted by atomic mass is 19.4. The van der Waals surface area contributed by atoms with Crippen LogP contribution in [0.2, 0.25) is 0 Å². The molecule has 42 heavy (non-hydrogen) atoms. The fourth-order valence-corrected chi connectivity index (χ4v) is 5.37. The van der Waals surface area contributed by atoms with E-state index in [4.69, 9.17) is 4.74 Å². The lowest BCUT2D eigenvalue weighted by Crippen LogP contribution is -2.42. The molecule has 0 radical (unpaired) electrons. The number of anilines is 1. The molecule has 0 aromatic heterocycles. The van der Waals surface area contributed by atoms with E-state index in [1.54, 1.807) is 29.2 Å². The first-order valence-electron chi connectivity index (χ1n) is 14.2. The van der Waals surface area contributed by atoms with Gasteiger partial charge in [-0.2, -0.15) is 13.2 Å². The molecule has 1 heterocycles. The number of alkyl halides is 3. The number of ether oxygens (including phenoxy) is 1. The van der Waals surface area contributed by atoms with E-state index in [-0.39, 0.29) is 25.0 Å². The number of carboxylic acid groups (broad SMARTS) is 1. The number of amides is 1. The van der Waals surface area contributed by atoms with Crippen molar-refractivity contribution in [2.24, 2.45) is 5.92 Å². The lowest BCUT2D eigenvalue weighted by atomic mass is 9.93. The molecule has 0 saturated carbocycles. The Balaban J connectivity index is 1.55. The van der Waals surface area contributed by atoms with Gasteiger partial charge >= 0.3 is 12.1 Å². The monoisotopic (exact) mass is 582 g/mol. The van der Waals surface area contributed by atoms with E-state index >= 15 is 0 Å². The second-order valence-electron chi connectivity index (χ2n) is 11.1. The number of hydrogen-bond donors (Lipinski definition) is 2. The summed E-state index contributed by atoms with van der Waals surface area (Å²) in [6, 6.07) is 19.4. The fraction of sp³-hybridized carbons (Fsp3) is 0.394. The number of likely N-dealkylation sites (tertiary alicyclic amines) is 1. The summed E-state index contributed by atoms with van der Waals surface area (Å²) < 4.78 is 45.8. The summed E-state index contributed by atoms with van der Waals surface area (Å²) in [5.41, 5.74) is 4.40. The summed E-state index contributed by atoms with van der Waals surface area (Å²) in [5, 5.41) is 12.6. The summed E-state index contributed by atoms with van der Waals surface area (Å²) >= 11 is 0. The Morgan fingerprint density at radius 2 is 1.79 bits per heavy atom. The summed E-state index contributed by atoms with van der Waals surface area (Å²) in [6.07, 6.45) is -4.27. The number of aliphatic carboxylic acids is 1. The molecule has 4 rings (SSSR count). The maximum Gasteiger partial charge on any atom is 0.389 e. The molecule has 1 fully saturated rings. The Morgan fingerprint density at radius 3 is 2.43 bits per heavy atom. The number of carbonyl (C=O) groups excluding carboxylic acids is 1. The fourth-order valence-electron chi connectivity index (χ4n) is 5.37. The van der Waals surface area contributed by atoms with Crippen molar-refractivity contribution in [2.45, 2.75) is 64.8 Å². The zero-order valence-electron chi connectivity index (χ0n) is 24.1. The molecule has 224 valence electrons. The number of halogens is 3. The highest BCUT2D eigenvalue weighted by molar-refractivity contribution is 5.95. The molecule has 6 nitrogen and oxygen atoms in total. The Hall–Kier alpha value is -4.01. The number of nitrogens with zero attached hydrogens (tertiary/aromatic N) is 1. The lowest BCUT2D eigenvalue weighted by molar-refractivity contribution is -0.143. The number of benzene rings is 3. The van der Waals surface area contributed by atoms with Crippen molar-refractivity contribution in [2.75, 3.05) is 18.4 Å². The smallest absolute Gasteiger partial charge is 0.389 e. The minimum absolute atomic E-state index is 0.00865. The molecule has 1 aliphatic rings. The number of aryl methyl sites for hydroxylation is 1. The summed E-state index contributed by atoms with van der Waals surface area (Å²) in [6.45, 7) is 6.44. The SMILES string of the molecule is Cc1cc(-c2ccccc2OC(C)C)ccc1C(CCC(F)(F)F)Nc1ccc(C(=O)N2CCC[C@@H](C(=O)O)C2)cc1. The predicted octanol–water partition coefficient (Wildman–Crippen LogP) is 7.88. The minimum atomic E-state index is -4.31. The van der Waals surface area contributed by atoms with Crippen molar-refractivity contribution >= 4 is 17.6 Å². The Labute approximate surface area is 244 Å². The van der Waals surface area contributed by atoms with Crippen LogP contribution in [0.25, 0.3) is 11.1 Å². The average molecular weight is 583 g/mol. The van der Waals surface area contributed by atoms with Gasteiger partial charge in [-0.25, -0.2) is 0 Å². The van der Waals surface area contributed by atoms with Gasteiger partial charge in [-0.05, 0) is 87.1 Å². The third-order valence-corrected chi connectivity index (χ3v) is 7.45. The van der Waals surface area contributed by atoms with Crippen molar-refractivity contribution in [3.05, 3.63) is 83.4 Å². The van der Waals surface area contributed by atoms with E-state index in [9.17, 15) is 27.9 Å². The number of hydrogen-bond acceptors (Lipinski definition) is 4. The number of carboxylic acids is 1. The van der Waals surface area contributed by atoms with Gasteiger partial charge < -0.3 is 20.1 Å². The summed E-state index contributed by atoms with van der Waals surface area (Å²) in [7, 11) is 0. The van der Waals surface area contributed by atoms with Crippen LogP contribution in [-0.2, 0) is 4.79 Å². The zero-order valence-corrected chi connectivity index (χ0v) is 24.1. The maximum absolute atomic E-state index is 13.3. The summed E-state index contributed by atoms with van der Waals surface area (Å²) in [4.78, 5) is 25.9. The van der Waals surface area contributed by atoms with E-state index in [1.165, 1.54) is 0 Å². The van der Waals surface area contributed by atoms with Gasteiger partial charge in [-0.15, -0.1) is 0 Å². The Morgan fingerprint density at radius 1 is 1.07 bits per heavy atom. The van der Waals surface area contributed by atoms with Crippen molar-refractivity contribution < 1.29 is 32.6 Å². The Kier molecular flexibility index (Phi) is 9.81. The van der Waals surface area contributed by atoms with Crippen LogP contribution < -0.4 is 10.1 Å². The van der Waals surface area contributed by atoms with E-state index in [0.29, 0.717) is 30.6 Å².